The Morgan fingerprint density at radius 2 is 1.09 bits per heavy atom. The van der Waals surface area contributed by atoms with Crippen molar-refractivity contribution in [1.82, 2.24) is 16.0 Å². The maximum Gasteiger partial charge on any atom is 0.519 e. The second kappa shape index (κ2) is 36.5. The highest BCUT2D eigenvalue weighted by Gasteiger charge is 2.36. The van der Waals surface area contributed by atoms with Gasteiger partial charge in [-0.15, -0.1) is 0 Å². The molecule has 0 heterocycles. The lowest BCUT2D eigenvalue weighted by atomic mass is 9.76. The topological polar surface area (TPSA) is 282 Å². The Kier molecular flexibility index (Phi) is 28.8. The minimum Gasteiger partial charge on any atom is -0.395 e. The van der Waals surface area contributed by atoms with E-state index in [9.17, 15) is 29.3 Å². The number of carbonyl (C=O) groups excluding carboxylic acids is 4. The van der Waals surface area contributed by atoms with Crippen molar-refractivity contribution in [3.05, 3.63) is 176 Å². The van der Waals surface area contributed by atoms with E-state index < -0.39 is 46.4 Å². The number of ether oxygens (including phenoxy) is 8. The number of hydrogen-bond donors (Lipinski definition) is 4. The molecule has 0 bridgehead atoms. The van der Waals surface area contributed by atoms with Gasteiger partial charge in [-0.25, -0.2) is 4.79 Å². The first-order valence-electron chi connectivity index (χ1n) is 26.9. The summed E-state index contributed by atoms with van der Waals surface area (Å²) in [5, 5.41) is 26.9. The van der Waals surface area contributed by atoms with Crippen LogP contribution >= 0.6 is 0 Å². The van der Waals surface area contributed by atoms with Crippen LogP contribution in [0.5, 0.6) is 11.5 Å². The fourth-order valence-electron chi connectivity index (χ4n) is 8.25. The SMILES string of the molecule is Cc1ccc(C(NCCCC[C@H](NC(=O)[C@@H](NC(=O)CCOCCOCCOCCOCCOCCOCCN=[N+]=[N-])C(C)C)C(=O)Nc2ccc(OC(=O)Oc3ccc([N+](=O)[O-])cc3)cc2)(c2ccccc2)c2ccccc2)cc1. The van der Waals surface area contributed by atoms with Crippen LogP contribution in [0.4, 0.5) is 16.2 Å². The number of nitrogens with zero attached hydrogens (tertiary/aromatic N) is 4. The van der Waals surface area contributed by atoms with E-state index in [0.717, 1.165) is 22.3 Å². The van der Waals surface area contributed by atoms with Crippen molar-refractivity contribution >= 4 is 35.3 Å². The van der Waals surface area contributed by atoms with Crippen LogP contribution < -0.4 is 30.7 Å². The van der Waals surface area contributed by atoms with Crippen LogP contribution in [0.2, 0.25) is 0 Å². The van der Waals surface area contributed by atoms with E-state index in [-0.39, 0.29) is 62.3 Å². The van der Waals surface area contributed by atoms with Crippen molar-refractivity contribution in [3.63, 3.8) is 0 Å². The third kappa shape index (κ3) is 23.1. The molecule has 0 unspecified atom stereocenters. The lowest BCUT2D eigenvalue weighted by molar-refractivity contribution is -0.384. The zero-order valence-electron chi connectivity index (χ0n) is 46.2. The second-order valence-electron chi connectivity index (χ2n) is 18.7. The van der Waals surface area contributed by atoms with E-state index in [0.29, 0.717) is 84.5 Å². The van der Waals surface area contributed by atoms with Gasteiger partial charge < -0.3 is 53.8 Å². The number of nitro benzene ring substituents is 1. The van der Waals surface area contributed by atoms with E-state index in [2.05, 4.69) is 86.7 Å². The van der Waals surface area contributed by atoms with Crippen LogP contribution in [0, 0.1) is 23.0 Å². The molecule has 81 heavy (non-hydrogen) atoms. The number of benzene rings is 5. The molecule has 3 amide bonds. The van der Waals surface area contributed by atoms with Crippen molar-refractivity contribution < 1.29 is 62.0 Å². The lowest BCUT2D eigenvalue weighted by Gasteiger charge is -2.37. The largest absolute Gasteiger partial charge is 0.519 e. The molecule has 434 valence electrons. The molecule has 0 aliphatic heterocycles. The maximum absolute atomic E-state index is 14.2. The van der Waals surface area contributed by atoms with E-state index in [4.69, 9.17) is 43.4 Å². The van der Waals surface area contributed by atoms with Gasteiger partial charge in [0.15, 0.2) is 0 Å². The number of aryl methyl sites for hydroxylation is 1. The minimum atomic E-state index is -1.08. The number of anilines is 1. The van der Waals surface area contributed by atoms with Crippen molar-refractivity contribution in [2.45, 2.75) is 64.1 Å². The highest BCUT2D eigenvalue weighted by molar-refractivity contribution is 5.98. The average molecular weight is 1120 g/mol. The molecule has 2 atom stereocenters. The third-order valence-electron chi connectivity index (χ3n) is 12.4. The number of rotatable bonds is 39. The summed E-state index contributed by atoms with van der Waals surface area (Å²) in [6.45, 7) is 10.6. The first-order chi connectivity index (χ1) is 39.4. The molecule has 4 N–H and O–H groups in total. The van der Waals surface area contributed by atoms with E-state index in [1.165, 1.54) is 48.5 Å². The van der Waals surface area contributed by atoms with Crippen molar-refractivity contribution in [2.75, 3.05) is 97.7 Å². The molecular weight excluding hydrogens is 1040 g/mol. The van der Waals surface area contributed by atoms with Crippen LogP contribution in [-0.4, -0.2) is 133 Å². The summed E-state index contributed by atoms with van der Waals surface area (Å²) in [7, 11) is 0. The second-order valence-corrected chi connectivity index (χ2v) is 18.7. The number of hydrogen-bond acceptors (Lipinski definition) is 16. The van der Waals surface area contributed by atoms with Gasteiger partial charge in [-0.2, -0.15) is 0 Å². The number of azide groups is 1. The summed E-state index contributed by atoms with van der Waals surface area (Å²) in [5.41, 5.74) is 12.0. The Morgan fingerprint density at radius 3 is 1.58 bits per heavy atom. The van der Waals surface area contributed by atoms with Crippen molar-refractivity contribution in [3.8, 4) is 11.5 Å². The molecule has 0 aliphatic rings. The molecule has 22 heteroatoms. The molecule has 0 radical (unpaired) electrons. The Morgan fingerprint density at radius 1 is 0.605 bits per heavy atom. The van der Waals surface area contributed by atoms with Gasteiger partial charge in [-0.05, 0) is 97.3 Å². The van der Waals surface area contributed by atoms with Crippen molar-refractivity contribution in [2.24, 2.45) is 11.0 Å². The molecule has 0 aromatic heterocycles. The predicted molar refractivity (Wildman–Crippen MR) is 303 cm³/mol. The van der Waals surface area contributed by atoms with Gasteiger partial charge in [0, 0.05) is 35.7 Å². The van der Waals surface area contributed by atoms with Gasteiger partial charge in [0.05, 0.1) is 89.7 Å². The number of unbranched alkanes of at least 4 members (excludes halogenated alkanes) is 1. The quantitative estimate of drug-likeness (QED) is 0.00330. The zero-order chi connectivity index (χ0) is 57.9. The van der Waals surface area contributed by atoms with E-state index in [1.54, 1.807) is 13.8 Å². The standard InChI is InChI=1S/C59H74N8O14/c1-44(2)55(65-54(68)29-32-74-34-36-76-38-40-78-42-43-79-41-39-77-37-35-75-33-31-62-66-60)57(70)64-53(56(69)63-49-21-25-51(26-22-49)80-58(71)81-52-27-23-50(24-28-52)67(72)73)16-10-11-30-61-59(46-12-6-4-7-13-46,47-14-8-5-9-15-47)48-19-17-45(3)18-20-48/h4-9,12-15,17-28,44,53,55,61H,10-11,16,29-43H2,1-3H3,(H,63,69)(H,64,70)(H,65,68)/t53-,55-/m0/s1. The van der Waals surface area contributed by atoms with Crippen LogP contribution in [0.1, 0.15) is 61.8 Å². The monoisotopic (exact) mass is 1120 g/mol. The van der Waals surface area contributed by atoms with Crippen LogP contribution in [0.3, 0.4) is 0 Å². The van der Waals surface area contributed by atoms with Crippen LogP contribution in [0.15, 0.2) is 139 Å². The van der Waals surface area contributed by atoms with Crippen LogP contribution in [0.25, 0.3) is 10.4 Å². The van der Waals surface area contributed by atoms with Crippen molar-refractivity contribution in [1.29, 1.82) is 0 Å². The summed E-state index contributed by atoms with van der Waals surface area (Å²) in [6, 6.07) is 37.8. The summed E-state index contributed by atoms with van der Waals surface area (Å²) in [6.07, 6.45) is 0.287. The first-order valence-corrected chi connectivity index (χ1v) is 26.9. The van der Waals surface area contributed by atoms with Gasteiger partial charge in [-0.3, -0.25) is 29.8 Å². The molecular formula is C59H74N8O14. The number of nitro groups is 1. The third-order valence-corrected chi connectivity index (χ3v) is 12.4. The van der Waals surface area contributed by atoms with E-state index in [1.807, 2.05) is 36.4 Å². The summed E-state index contributed by atoms with van der Waals surface area (Å²) >= 11 is 0. The number of amides is 3. The average Bonchev–Trinajstić information content (AvgIpc) is 3.62. The Hall–Kier alpha value is -7.79. The molecule has 0 aliphatic carbocycles. The summed E-state index contributed by atoms with van der Waals surface area (Å²) in [4.78, 5) is 67.0. The van der Waals surface area contributed by atoms with Gasteiger partial charge >= 0.3 is 6.16 Å². The fourth-order valence-corrected chi connectivity index (χ4v) is 8.25. The number of nitrogens with one attached hydrogen (secondary N) is 4. The molecule has 0 saturated carbocycles. The fraction of sp³-hybridized carbons (Fsp3) is 0.424. The predicted octanol–water partition coefficient (Wildman–Crippen LogP) is 8.60. The molecule has 5 rings (SSSR count). The van der Waals surface area contributed by atoms with Gasteiger partial charge in [0.1, 0.15) is 23.6 Å². The normalized spacial score (nSPS) is 12.0. The number of non-ortho nitro benzene ring substituents is 1. The van der Waals surface area contributed by atoms with E-state index >= 15 is 0 Å². The summed E-state index contributed by atoms with van der Waals surface area (Å²) < 4.78 is 43.2. The highest BCUT2D eigenvalue weighted by Crippen LogP contribution is 2.37. The van der Waals surface area contributed by atoms with Gasteiger partial charge in [0.25, 0.3) is 5.69 Å². The van der Waals surface area contributed by atoms with Gasteiger partial charge in [0.2, 0.25) is 17.7 Å². The Labute approximate surface area is 472 Å². The lowest BCUT2D eigenvalue weighted by Crippen LogP contribution is -2.54. The molecule has 0 fully saturated rings. The molecule has 0 saturated heterocycles. The molecule has 0 spiro atoms. The Balaban J connectivity index is 1.12. The molecule has 5 aromatic rings. The molecule has 5 aromatic carbocycles. The zero-order valence-corrected chi connectivity index (χ0v) is 46.2. The smallest absolute Gasteiger partial charge is 0.395 e. The maximum atomic E-state index is 14.2. The van der Waals surface area contributed by atoms with Gasteiger partial charge in [-0.1, -0.05) is 109 Å². The highest BCUT2D eigenvalue weighted by atomic mass is 16.7. The first kappa shape index (κ1) is 64.0. The number of carbonyl (C=O) groups is 4. The summed E-state index contributed by atoms with van der Waals surface area (Å²) in [5.74, 6) is -1.65. The minimum absolute atomic E-state index is 0.0151. The molecule has 22 nitrogen and oxygen atoms in total. The van der Waals surface area contributed by atoms with Crippen LogP contribution in [-0.2, 0) is 48.3 Å². The Bertz CT molecular complexity index is 2660.